The van der Waals surface area contributed by atoms with Crippen molar-refractivity contribution in [2.45, 2.75) is 26.2 Å². The molecule has 1 aliphatic heterocycles. The number of fused-ring (bicyclic) bond motifs is 2. The maximum atomic E-state index is 12.8. The zero-order chi connectivity index (χ0) is 36.7. The Bertz CT molecular complexity index is 2500. The number of carbonyl (C=O) groups is 3. The van der Waals surface area contributed by atoms with E-state index in [1.807, 2.05) is 30.1 Å². The predicted octanol–water partition coefficient (Wildman–Crippen LogP) is 4.10. The van der Waals surface area contributed by atoms with Crippen molar-refractivity contribution in [1.82, 2.24) is 39.3 Å². The number of anilines is 3. The molecule has 14 nitrogen and oxygen atoms in total. The average Bonchev–Trinajstić information content (AvgIpc) is 3.66. The minimum atomic E-state index is -0.488. The van der Waals surface area contributed by atoms with Crippen LogP contribution >= 0.6 is 0 Å². The standard InChI is InChI=1S/C38H36N10O4/c1-23(2)28-18-27(19-32-35(28)46(5)38(52)45(32)4)44(3)26-9-11-29(41-21-26)25-8-10-30(40-20-25)36(50)39-14-6-7-24-12-16-48-31(17-24)33(22-42-48)47-15-13-34(49)43-37(47)51/h8-12,16-23H,13-15H2,1-5H3,(H,39,50)(H,43,49,51). The Hall–Kier alpha value is -6.75. The summed E-state index contributed by atoms with van der Waals surface area (Å²) in [7, 11) is 5.57. The SMILES string of the molecule is CC(C)c1cc(N(C)c2ccc(-c3ccc(C(=O)NCC#Cc4ccn5ncc(N6CCC(=O)NC6=O)c5c4)nc3)nc2)cc2c1n(C)c(=O)n2C. The monoisotopic (exact) mass is 696 g/mol. The van der Waals surface area contributed by atoms with E-state index in [2.05, 4.69) is 57.5 Å². The number of urea groups is 1. The molecule has 1 saturated heterocycles. The molecule has 0 unspecified atom stereocenters. The van der Waals surface area contributed by atoms with Gasteiger partial charge in [-0.3, -0.25) is 38.9 Å². The number of benzene rings is 1. The van der Waals surface area contributed by atoms with Gasteiger partial charge in [-0.05, 0) is 60.0 Å². The fourth-order valence-corrected chi connectivity index (χ4v) is 6.30. The molecule has 1 fully saturated rings. The Kier molecular flexibility index (Phi) is 8.77. The summed E-state index contributed by atoms with van der Waals surface area (Å²) < 4.78 is 5.01. The quantitative estimate of drug-likeness (QED) is 0.237. The Morgan fingerprint density at radius 2 is 1.79 bits per heavy atom. The number of amides is 4. The van der Waals surface area contributed by atoms with Crippen LogP contribution in [0.1, 0.15) is 47.8 Å². The molecule has 2 N–H and O–H groups in total. The largest absolute Gasteiger partial charge is 0.343 e. The Labute approximate surface area is 298 Å². The summed E-state index contributed by atoms with van der Waals surface area (Å²) in [5.41, 5.74) is 8.31. The molecule has 0 aliphatic carbocycles. The van der Waals surface area contributed by atoms with E-state index < -0.39 is 6.03 Å². The van der Waals surface area contributed by atoms with Crippen LogP contribution in [-0.2, 0) is 18.9 Å². The van der Waals surface area contributed by atoms with Crippen LogP contribution in [-0.4, -0.2) is 66.7 Å². The van der Waals surface area contributed by atoms with Crippen LogP contribution in [0.15, 0.2) is 78.1 Å². The van der Waals surface area contributed by atoms with Crippen LogP contribution in [0, 0.1) is 11.8 Å². The average molecular weight is 697 g/mol. The van der Waals surface area contributed by atoms with E-state index in [4.69, 9.17) is 0 Å². The molecule has 1 aromatic carbocycles. The highest BCUT2D eigenvalue weighted by Gasteiger charge is 2.26. The van der Waals surface area contributed by atoms with Gasteiger partial charge in [0.15, 0.2) is 0 Å². The van der Waals surface area contributed by atoms with Gasteiger partial charge in [-0.1, -0.05) is 25.7 Å². The number of aryl methyl sites for hydroxylation is 2. The Morgan fingerprint density at radius 3 is 2.50 bits per heavy atom. The topological polar surface area (TPSA) is 152 Å². The van der Waals surface area contributed by atoms with E-state index in [1.54, 1.807) is 76.8 Å². The summed E-state index contributed by atoms with van der Waals surface area (Å²) in [4.78, 5) is 61.9. The van der Waals surface area contributed by atoms with Crippen molar-refractivity contribution in [1.29, 1.82) is 0 Å². The number of nitrogens with one attached hydrogen (secondary N) is 2. The molecule has 5 aromatic heterocycles. The molecule has 52 heavy (non-hydrogen) atoms. The van der Waals surface area contributed by atoms with Crippen molar-refractivity contribution >= 4 is 51.5 Å². The summed E-state index contributed by atoms with van der Waals surface area (Å²) in [5.74, 6) is 5.54. The second-order valence-electron chi connectivity index (χ2n) is 12.9. The molecule has 4 amide bonds. The molecule has 14 heteroatoms. The summed E-state index contributed by atoms with van der Waals surface area (Å²) in [6.07, 6.45) is 6.92. The van der Waals surface area contributed by atoms with Gasteiger partial charge in [0, 0.05) is 63.3 Å². The maximum absolute atomic E-state index is 12.8. The minimum Gasteiger partial charge on any atom is -0.343 e. The zero-order valence-corrected chi connectivity index (χ0v) is 29.3. The molecule has 0 bridgehead atoms. The van der Waals surface area contributed by atoms with Gasteiger partial charge in [0.25, 0.3) is 5.91 Å². The highest BCUT2D eigenvalue weighted by Crippen LogP contribution is 2.33. The zero-order valence-electron chi connectivity index (χ0n) is 29.3. The Balaban J connectivity index is 0.992. The molecule has 6 aromatic rings. The van der Waals surface area contributed by atoms with Crippen molar-refractivity contribution in [3.05, 3.63) is 101 Å². The maximum Gasteiger partial charge on any atom is 0.328 e. The highest BCUT2D eigenvalue weighted by atomic mass is 16.2. The summed E-state index contributed by atoms with van der Waals surface area (Å²) in [6.45, 7) is 4.60. The second-order valence-corrected chi connectivity index (χ2v) is 12.9. The van der Waals surface area contributed by atoms with E-state index in [0.29, 0.717) is 22.5 Å². The van der Waals surface area contributed by atoms with Gasteiger partial charge >= 0.3 is 11.7 Å². The lowest BCUT2D eigenvalue weighted by Gasteiger charge is -2.25. The van der Waals surface area contributed by atoms with E-state index in [1.165, 1.54) is 4.90 Å². The van der Waals surface area contributed by atoms with Crippen LogP contribution in [0.4, 0.5) is 21.9 Å². The smallest absolute Gasteiger partial charge is 0.328 e. The number of rotatable bonds is 7. The number of nitrogens with zero attached hydrogens (tertiary/aromatic N) is 8. The molecule has 0 spiro atoms. The van der Waals surface area contributed by atoms with Crippen molar-refractivity contribution in [3.8, 4) is 23.1 Å². The summed E-state index contributed by atoms with van der Waals surface area (Å²) in [5, 5.41) is 9.39. The normalized spacial score (nSPS) is 13.0. The van der Waals surface area contributed by atoms with Crippen LogP contribution < -0.4 is 26.1 Å². The van der Waals surface area contributed by atoms with Gasteiger partial charge in [-0.25, -0.2) is 14.1 Å². The minimum absolute atomic E-state index is 0.0584. The van der Waals surface area contributed by atoms with Crippen LogP contribution in [0.3, 0.4) is 0 Å². The number of carbonyl (C=O) groups excluding carboxylic acids is 3. The molecular formula is C38H36N10O4. The van der Waals surface area contributed by atoms with Gasteiger partial charge in [0.1, 0.15) is 5.69 Å². The van der Waals surface area contributed by atoms with Crippen molar-refractivity contribution in [2.24, 2.45) is 14.1 Å². The van der Waals surface area contributed by atoms with Gasteiger partial charge in [-0.15, -0.1) is 0 Å². The molecule has 0 atom stereocenters. The first-order valence-electron chi connectivity index (χ1n) is 16.7. The molecule has 7 rings (SSSR count). The van der Waals surface area contributed by atoms with Crippen molar-refractivity contribution in [2.75, 3.05) is 29.9 Å². The van der Waals surface area contributed by atoms with Crippen LogP contribution in [0.2, 0.25) is 0 Å². The molecule has 0 radical (unpaired) electrons. The number of aromatic nitrogens is 6. The van der Waals surface area contributed by atoms with E-state index >= 15 is 0 Å². The lowest BCUT2D eigenvalue weighted by molar-refractivity contribution is -0.120. The third-order valence-electron chi connectivity index (χ3n) is 9.23. The van der Waals surface area contributed by atoms with Crippen molar-refractivity contribution < 1.29 is 14.4 Å². The fourth-order valence-electron chi connectivity index (χ4n) is 6.30. The predicted molar refractivity (Wildman–Crippen MR) is 198 cm³/mol. The van der Waals surface area contributed by atoms with E-state index in [9.17, 15) is 19.2 Å². The molecule has 1 aliphatic rings. The van der Waals surface area contributed by atoms with Crippen molar-refractivity contribution in [3.63, 3.8) is 0 Å². The van der Waals surface area contributed by atoms with Gasteiger partial charge in [0.05, 0.1) is 52.6 Å². The first-order valence-corrected chi connectivity index (χ1v) is 16.7. The van der Waals surface area contributed by atoms with Gasteiger partial charge < -0.3 is 10.2 Å². The first-order chi connectivity index (χ1) is 25.0. The summed E-state index contributed by atoms with van der Waals surface area (Å²) >= 11 is 0. The van der Waals surface area contributed by atoms with Gasteiger partial charge in [0.2, 0.25) is 5.91 Å². The number of hydrogen-bond donors (Lipinski definition) is 2. The van der Waals surface area contributed by atoms with Crippen LogP contribution in [0.25, 0.3) is 27.8 Å². The first kappa shape index (κ1) is 33.7. The number of imidazole rings is 1. The number of imide groups is 1. The lowest BCUT2D eigenvalue weighted by atomic mass is 10.00. The fraction of sp³-hybridized carbons (Fsp3) is 0.237. The lowest BCUT2D eigenvalue weighted by Crippen LogP contribution is -2.49. The molecule has 0 saturated carbocycles. The number of pyridine rings is 3. The third kappa shape index (κ3) is 6.24. The molecule has 262 valence electrons. The van der Waals surface area contributed by atoms with Crippen LogP contribution in [0.5, 0.6) is 0 Å². The highest BCUT2D eigenvalue weighted by molar-refractivity contribution is 6.07. The molecular weight excluding hydrogens is 660 g/mol. The number of hydrogen-bond acceptors (Lipinski definition) is 8. The van der Waals surface area contributed by atoms with Gasteiger partial charge in [-0.2, -0.15) is 5.10 Å². The van der Waals surface area contributed by atoms with E-state index in [-0.39, 0.29) is 48.6 Å². The molecule has 6 heterocycles. The third-order valence-corrected chi connectivity index (χ3v) is 9.23. The van der Waals surface area contributed by atoms with E-state index in [0.717, 1.165) is 33.5 Å². The Morgan fingerprint density at radius 1 is 0.962 bits per heavy atom. The summed E-state index contributed by atoms with van der Waals surface area (Å²) in [6, 6.07) is 14.6. The second kappa shape index (κ2) is 13.5.